The molecule has 0 radical (unpaired) electrons. The smallest absolute Gasteiger partial charge is 0.0855 e. The van der Waals surface area contributed by atoms with Gasteiger partial charge in [-0.25, -0.2) is 0 Å². The van der Waals surface area contributed by atoms with Crippen molar-refractivity contribution < 1.29 is 0 Å². The number of alkyl halides is 3. The van der Waals surface area contributed by atoms with E-state index in [2.05, 4.69) is 104 Å². The van der Waals surface area contributed by atoms with Crippen LogP contribution in [0.2, 0.25) is 0 Å². The molecular formula is C12H7Br5. The maximum Gasteiger partial charge on any atom is 0.105 e. The Kier molecular flexibility index (Phi) is 3.48. The molecule has 0 nitrogen and oxygen atoms in total. The largest absolute Gasteiger partial charge is 0.105 e. The van der Waals surface area contributed by atoms with E-state index < -0.39 is 0 Å². The molecule has 3 aliphatic rings. The van der Waals surface area contributed by atoms with Crippen molar-refractivity contribution in [1.29, 1.82) is 0 Å². The SMILES string of the molecule is BrC1=C(Br)[C@H]2c3ccccc3[C@@H]1C(Br)(Br)[C@@H]2Br. The van der Waals surface area contributed by atoms with Crippen LogP contribution >= 0.6 is 79.6 Å². The first-order valence-corrected chi connectivity index (χ1v) is 9.20. The van der Waals surface area contributed by atoms with Gasteiger partial charge in [-0.05, 0) is 11.1 Å². The average molecular weight is 551 g/mol. The Hall–Kier alpha value is 1.36. The minimum absolute atomic E-state index is 0.144. The summed E-state index contributed by atoms with van der Waals surface area (Å²) in [5.41, 5.74) is 2.79. The quantitative estimate of drug-likeness (QED) is 0.341. The Bertz CT molecular complexity index is 519. The van der Waals surface area contributed by atoms with E-state index in [1.54, 1.807) is 0 Å². The lowest BCUT2D eigenvalue weighted by molar-refractivity contribution is 0.563. The molecule has 0 saturated carbocycles. The van der Waals surface area contributed by atoms with Crippen molar-refractivity contribution in [3.8, 4) is 0 Å². The van der Waals surface area contributed by atoms with Gasteiger partial charge in [0.2, 0.25) is 0 Å². The molecule has 0 heterocycles. The molecule has 17 heavy (non-hydrogen) atoms. The van der Waals surface area contributed by atoms with Gasteiger partial charge in [0.15, 0.2) is 0 Å². The van der Waals surface area contributed by atoms with E-state index in [4.69, 9.17) is 0 Å². The van der Waals surface area contributed by atoms with Gasteiger partial charge in [0, 0.05) is 20.8 Å². The Morgan fingerprint density at radius 1 is 0.941 bits per heavy atom. The van der Waals surface area contributed by atoms with Gasteiger partial charge in [-0.1, -0.05) is 104 Å². The van der Waals surface area contributed by atoms with Gasteiger partial charge < -0.3 is 0 Å². The molecule has 0 unspecified atom stereocenters. The third-order valence-corrected chi connectivity index (χ3v) is 10.2. The van der Waals surface area contributed by atoms with Crippen molar-refractivity contribution in [3.63, 3.8) is 0 Å². The zero-order valence-electron chi connectivity index (χ0n) is 8.43. The van der Waals surface area contributed by atoms with Gasteiger partial charge in [-0.2, -0.15) is 0 Å². The topological polar surface area (TPSA) is 0 Å². The predicted octanol–water partition coefficient (Wildman–Crippen LogP) is 6.13. The predicted molar refractivity (Wildman–Crippen MR) is 90.1 cm³/mol. The van der Waals surface area contributed by atoms with Crippen LogP contribution in [0.25, 0.3) is 0 Å². The van der Waals surface area contributed by atoms with Crippen LogP contribution in [0.4, 0.5) is 0 Å². The second kappa shape index (κ2) is 4.44. The number of allylic oxidation sites excluding steroid dienone is 2. The normalized spacial score (nSPS) is 33.8. The Morgan fingerprint density at radius 3 is 2.18 bits per heavy atom. The first-order valence-electron chi connectivity index (χ1n) is 5.12. The van der Waals surface area contributed by atoms with Crippen LogP contribution in [0.1, 0.15) is 23.0 Å². The summed E-state index contributed by atoms with van der Waals surface area (Å²) < 4.78 is 2.33. The summed E-state index contributed by atoms with van der Waals surface area (Å²) >= 11 is 19.0. The fraction of sp³-hybridized carbons (Fsp3) is 0.333. The van der Waals surface area contributed by atoms with Gasteiger partial charge in [0.25, 0.3) is 0 Å². The molecule has 0 fully saturated rings. The van der Waals surface area contributed by atoms with Crippen LogP contribution < -0.4 is 0 Å². The molecule has 3 aliphatic carbocycles. The average Bonchev–Trinajstić information content (AvgIpc) is 2.28. The number of benzene rings is 1. The highest BCUT2D eigenvalue weighted by atomic mass is 79.9. The van der Waals surface area contributed by atoms with Crippen molar-refractivity contribution in [2.75, 3.05) is 0 Å². The maximum absolute atomic E-state index is 3.84. The summed E-state index contributed by atoms with van der Waals surface area (Å²) in [6.07, 6.45) is 0. The first kappa shape index (κ1) is 13.3. The van der Waals surface area contributed by atoms with Gasteiger partial charge in [-0.3, -0.25) is 0 Å². The van der Waals surface area contributed by atoms with Crippen LogP contribution in [0.3, 0.4) is 0 Å². The number of rotatable bonds is 0. The molecule has 2 bridgehead atoms. The second-order valence-corrected chi connectivity index (χ2v) is 10.7. The van der Waals surface area contributed by atoms with Gasteiger partial charge in [0.1, 0.15) is 3.23 Å². The summed E-state index contributed by atoms with van der Waals surface area (Å²) in [4.78, 5) is 0.311. The summed E-state index contributed by atoms with van der Waals surface area (Å²) in [5, 5.41) is 0. The molecule has 3 atom stereocenters. The van der Waals surface area contributed by atoms with E-state index in [0.717, 1.165) is 0 Å². The lowest BCUT2D eigenvalue weighted by atomic mass is 9.71. The first-order chi connectivity index (χ1) is 7.96. The van der Waals surface area contributed by atoms with Crippen LogP contribution in [-0.4, -0.2) is 8.06 Å². The molecule has 0 saturated heterocycles. The fourth-order valence-corrected chi connectivity index (χ4v) is 7.52. The molecule has 5 heteroatoms. The van der Waals surface area contributed by atoms with E-state index >= 15 is 0 Å². The van der Waals surface area contributed by atoms with Crippen LogP contribution in [0, 0.1) is 0 Å². The Balaban J connectivity index is 2.32. The van der Waals surface area contributed by atoms with E-state index in [1.807, 2.05) is 0 Å². The van der Waals surface area contributed by atoms with Crippen molar-refractivity contribution >= 4 is 79.6 Å². The van der Waals surface area contributed by atoms with Crippen LogP contribution in [-0.2, 0) is 0 Å². The zero-order valence-corrected chi connectivity index (χ0v) is 16.4. The molecule has 90 valence electrons. The number of halogens is 5. The maximum atomic E-state index is 3.84. The molecule has 1 aromatic rings. The monoisotopic (exact) mass is 546 g/mol. The molecule has 0 aromatic heterocycles. The minimum Gasteiger partial charge on any atom is -0.0855 e. The molecule has 0 spiro atoms. The third-order valence-electron chi connectivity index (χ3n) is 3.44. The van der Waals surface area contributed by atoms with Gasteiger partial charge >= 0.3 is 0 Å². The van der Waals surface area contributed by atoms with Crippen molar-refractivity contribution in [1.82, 2.24) is 0 Å². The minimum atomic E-state index is -0.144. The van der Waals surface area contributed by atoms with Gasteiger partial charge in [-0.15, -0.1) is 0 Å². The molecule has 0 amide bonds. The highest BCUT2D eigenvalue weighted by molar-refractivity contribution is 9.26. The number of hydrogen-bond acceptors (Lipinski definition) is 0. The highest BCUT2D eigenvalue weighted by Gasteiger charge is 2.56. The highest BCUT2D eigenvalue weighted by Crippen LogP contribution is 2.66. The third kappa shape index (κ3) is 1.75. The molecule has 0 N–H and O–H groups in total. The van der Waals surface area contributed by atoms with Crippen molar-refractivity contribution in [2.45, 2.75) is 19.9 Å². The summed E-state index contributed by atoms with van der Waals surface area (Å²) in [5.74, 6) is 0.617. The molecule has 4 rings (SSSR count). The van der Waals surface area contributed by atoms with E-state index in [-0.39, 0.29) is 9.15 Å². The van der Waals surface area contributed by atoms with Crippen molar-refractivity contribution in [3.05, 3.63) is 44.4 Å². The molecular weight excluding hydrogens is 544 g/mol. The lowest BCUT2D eigenvalue weighted by Crippen LogP contribution is -2.45. The zero-order chi connectivity index (χ0) is 12.4. The molecule has 0 aliphatic heterocycles. The van der Waals surface area contributed by atoms with E-state index in [1.165, 1.54) is 20.1 Å². The second-order valence-electron chi connectivity index (χ2n) is 4.31. The standard InChI is InChI=1S/C12H7Br5/c13-9-7-5-3-1-2-4-6(5)8(10(9)14)12(16,17)11(7)15/h1-4,7-8,11H/t7-,8+,11-/m1/s1. The van der Waals surface area contributed by atoms with Crippen LogP contribution in [0.15, 0.2) is 33.2 Å². The Labute approximate surface area is 142 Å². The summed E-state index contributed by atoms with van der Waals surface area (Å²) in [7, 11) is 0. The Morgan fingerprint density at radius 2 is 1.53 bits per heavy atom. The summed E-state index contributed by atoms with van der Waals surface area (Å²) in [6, 6.07) is 8.64. The van der Waals surface area contributed by atoms with E-state index in [9.17, 15) is 0 Å². The van der Waals surface area contributed by atoms with Crippen LogP contribution in [0.5, 0.6) is 0 Å². The van der Waals surface area contributed by atoms with E-state index in [0.29, 0.717) is 10.7 Å². The summed E-state index contributed by atoms with van der Waals surface area (Å²) in [6.45, 7) is 0. The van der Waals surface area contributed by atoms with Gasteiger partial charge in [0.05, 0.1) is 4.83 Å². The number of fused-ring (bicyclic) bond motifs is 1. The van der Waals surface area contributed by atoms with Crippen molar-refractivity contribution in [2.24, 2.45) is 0 Å². The number of hydrogen-bond donors (Lipinski definition) is 0. The fourth-order valence-electron chi connectivity index (χ4n) is 2.66. The molecule has 1 aromatic carbocycles. The lowest BCUT2D eigenvalue weighted by Gasteiger charge is -2.50.